The van der Waals surface area contributed by atoms with Gasteiger partial charge in [0.25, 0.3) is 0 Å². The van der Waals surface area contributed by atoms with E-state index in [0.717, 1.165) is 18.5 Å². The summed E-state index contributed by atoms with van der Waals surface area (Å²) in [5.41, 5.74) is 0.722. The summed E-state index contributed by atoms with van der Waals surface area (Å²) in [5, 5.41) is 0. The molecule has 0 bridgehead atoms. The lowest BCUT2D eigenvalue weighted by molar-refractivity contribution is -0.132. The molecule has 6 nitrogen and oxygen atoms in total. The second-order valence-corrected chi connectivity index (χ2v) is 9.90. The van der Waals surface area contributed by atoms with Crippen molar-refractivity contribution in [3.8, 4) is 0 Å². The molecular formula is C18H27N3O3S. The SMILES string of the molecule is CC(C)CS(=O)(=O)N1CC[C@]2(C[C@@H]2C(=O)N(C)Cc2ccccn2)C1. The van der Waals surface area contributed by atoms with Crippen molar-refractivity contribution >= 4 is 15.9 Å². The van der Waals surface area contributed by atoms with Crippen LogP contribution in [0, 0.1) is 17.3 Å². The largest absolute Gasteiger partial charge is 0.340 e. The van der Waals surface area contributed by atoms with Crippen LogP contribution in [0.5, 0.6) is 0 Å². The van der Waals surface area contributed by atoms with Crippen LogP contribution < -0.4 is 0 Å². The molecule has 138 valence electrons. The van der Waals surface area contributed by atoms with Crippen molar-refractivity contribution in [3.05, 3.63) is 30.1 Å². The quantitative estimate of drug-likeness (QED) is 0.770. The van der Waals surface area contributed by atoms with Gasteiger partial charge in [0.1, 0.15) is 0 Å². The van der Waals surface area contributed by atoms with Gasteiger partial charge in [0.15, 0.2) is 0 Å². The molecular weight excluding hydrogens is 338 g/mol. The van der Waals surface area contributed by atoms with Gasteiger partial charge in [-0.25, -0.2) is 12.7 Å². The summed E-state index contributed by atoms with van der Waals surface area (Å²) in [5.74, 6) is 0.346. The summed E-state index contributed by atoms with van der Waals surface area (Å²) in [6.07, 6.45) is 3.31. The van der Waals surface area contributed by atoms with Crippen LogP contribution in [-0.4, -0.2) is 54.4 Å². The molecule has 1 aromatic heterocycles. The number of amides is 1. The first-order valence-corrected chi connectivity index (χ1v) is 10.5. The average Bonchev–Trinajstić information content (AvgIpc) is 3.04. The maximum atomic E-state index is 12.7. The number of carbonyl (C=O) groups excluding carboxylic acids is 1. The number of nitrogens with zero attached hydrogens (tertiary/aromatic N) is 3. The van der Waals surface area contributed by atoms with Crippen LogP contribution in [0.4, 0.5) is 0 Å². The van der Waals surface area contributed by atoms with Gasteiger partial charge >= 0.3 is 0 Å². The van der Waals surface area contributed by atoms with Gasteiger partial charge < -0.3 is 4.90 Å². The molecule has 7 heteroatoms. The second kappa shape index (κ2) is 6.68. The normalized spacial score (nSPS) is 26.3. The van der Waals surface area contributed by atoms with E-state index in [1.165, 1.54) is 0 Å². The third-order valence-electron chi connectivity index (χ3n) is 5.28. The van der Waals surface area contributed by atoms with Crippen LogP contribution in [0.3, 0.4) is 0 Å². The highest BCUT2D eigenvalue weighted by atomic mass is 32.2. The fourth-order valence-corrected chi connectivity index (χ4v) is 5.72. The Morgan fingerprint density at radius 1 is 1.44 bits per heavy atom. The highest BCUT2D eigenvalue weighted by molar-refractivity contribution is 7.89. The number of carbonyl (C=O) groups is 1. The lowest BCUT2D eigenvalue weighted by Crippen LogP contribution is -2.34. The average molecular weight is 365 g/mol. The minimum atomic E-state index is -3.21. The van der Waals surface area contributed by atoms with Crippen LogP contribution in [-0.2, 0) is 21.4 Å². The molecule has 25 heavy (non-hydrogen) atoms. The standard InChI is InChI=1S/C18H27N3O3S/c1-14(2)12-25(23,24)21-9-7-18(13-21)10-16(18)17(22)20(3)11-15-6-4-5-8-19-15/h4-6,8,14,16H,7,9-13H2,1-3H3/t16-,18+/m1/s1. The van der Waals surface area contributed by atoms with Gasteiger partial charge in [-0.3, -0.25) is 9.78 Å². The topological polar surface area (TPSA) is 70.6 Å². The molecule has 1 spiro atoms. The van der Waals surface area contributed by atoms with Gasteiger partial charge in [-0.05, 0) is 36.3 Å². The molecule has 1 saturated carbocycles. The summed E-state index contributed by atoms with van der Waals surface area (Å²) in [6, 6.07) is 5.67. The molecule has 0 aromatic carbocycles. The highest BCUT2D eigenvalue weighted by Gasteiger charge is 2.62. The molecule has 2 fully saturated rings. The van der Waals surface area contributed by atoms with Gasteiger partial charge in [0.2, 0.25) is 15.9 Å². The number of aromatic nitrogens is 1. The van der Waals surface area contributed by atoms with Gasteiger partial charge in [0.05, 0.1) is 18.0 Å². The number of hydrogen-bond donors (Lipinski definition) is 0. The Morgan fingerprint density at radius 3 is 2.84 bits per heavy atom. The van der Waals surface area contributed by atoms with E-state index in [9.17, 15) is 13.2 Å². The molecule has 3 rings (SSSR count). The summed E-state index contributed by atoms with van der Waals surface area (Å²) < 4.78 is 26.5. The first-order valence-electron chi connectivity index (χ1n) is 8.86. The van der Waals surface area contributed by atoms with Crippen molar-refractivity contribution in [1.29, 1.82) is 0 Å². The third-order valence-corrected chi connectivity index (χ3v) is 7.46. The molecule has 1 aromatic rings. The number of rotatable bonds is 6. The summed E-state index contributed by atoms with van der Waals surface area (Å²) in [6.45, 7) is 5.36. The Kier molecular flexibility index (Phi) is 4.90. The monoisotopic (exact) mass is 365 g/mol. The van der Waals surface area contributed by atoms with Crippen LogP contribution >= 0.6 is 0 Å². The lowest BCUT2D eigenvalue weighted by Gasteiger charge is -2.20. The van der Waals surface area contributed by atoms with Crippen molar-refractivity contribution in [2.45, 2.75) is 33.2 Å². The molecule has 0 radical (unpaired) electrons. The molecule has 2 aliphatic rings. The van der Waals surface area contributed by atoms with E-state index in [4.69, 9.17) is 0 Å². The van der Waals surface area contributed by atoms with Crippen LogP contribution in [0.15, 0.2) is 24.4 Å². The zero-order valence-corrected chi connectivity index (χ0v) is 16.0. The Hall–Kier alpha value is -1.47. The predicted octanol–water partition coefficient (Wildman–Crippen LogP) is 1.74. The minimum absolute atomic E-state index is 0.0551. The number of sulfonamides is 1. The Bertz CT molecular complexity index is 735. The zero-order valence-electron chi connectivity index (χ0n) is 15.2. The van der Waals surface area contributed by atoms with Gasteiger partial charge in [-0.15, -0.1) is 0 Å². The van der Waals surface area contributed by atoms with E-state index >= 15 is 0 Å². The summed E-state index contributed by atoms with van der Waals surface area (Å²) in [4.78, 5) is 18.7. The van der Waals surface area contributed by atoms with Crippen LogP contribution in [0.2, 0.25) is 0 Å². The van der Waals surface area contributed by atoms with Crippen LogP contribution in [0.25, 0.3) is 0 Å². The van der Waals surface area contributed by atoms with E-state index in [1.807, 2.05) is 32.0 Å². The third kappa shape index (κ3) is 3.87. The minimum Gasteiger partial charge on any atom is -0.340 e. The van der Waals surface area contributed by atoms with Crippen molar-refractivity contribution in [2.75, 3.05) is 25.9 Å². The Labute approximate surface area is 150 Å². The molecule has 1 aliphatic heterocycles. The van der Waals surface area contributed by atoms with Gasteiger partial charge in [0, 0.05) is 32.3 Å². The number of pyridine rings is 1. The second-order valence-electron chi connectivity index (χ2n) is 7.89. The maximum absolute atomic E-state index is 12.7. The van der Waals surface area contributed by atoms with Crippen molar-refractivity contribution in [3.63, 3.8) is 0 Å². The fourth-order valence-electron chi connectivity index (χ4n) is 3.85. The zero-order chi connectivity index (χ0) is 18.2. The molecule has 2 heterocycles. The van der Waals surface area contributed by atoms with Crippen LogP contribution in [0.1, 0.15) is 32.4 Å². The van der Waals surface area contributed by atoms with E-state index < -0.39 is 10.0 Å². The smallest absolute Gasteiger partial charge is 0.226 e. The van der Waals surface area contributed by atoms with Crippen molar-refractivity contribution in [2.24, 2.45) is 17.3 Å². The highest BCUT2D eigenvalue weighted by Crippen LogP contribution is 2.59. The first-order chi connectivity index (χ1) is 11.7. The van der Waals surface area contributed by atoms with Crippen molar-refractivity contribution in [1.82, 2.24) is 14.2 Å². The van der Waals surface area contributed by atoms with Crippen molar-refractivity contribution < 1.29 is 13.2 Å². The Morgan fingerprint density at radius 2 is 2.20 bits per heavy atom. The van der Waals surface area contributed by atoms with Gasteiger partial charge in [-0.1, -0.05) is 19.9 Å². The number of hydrogen-bond acceptors (Lipinski definition) is 4. The van der Waals surface area contributed by atoms with E-state index in [0.29, 0.717) is 19.6 Å². The molecule has 1 amide bonds. The summed E-state index contributed by atoms with van der Waals surface area (Å²) in [7, 11) is -1.41. The predicted molar refractivity (Wildman–Crippen MR) is 96.1 cm³/mol. The molecule has 1 saturated heterocycles. The molecule has 0 unspecified atom stereocenters. The maximum Gasteiger partial charge on any atom is 0.226 e. The summed E-state index contributed by atoms with van der Waals surface area (Å²) >= 11 is 0. The van der Waals surface area contributed by atoms with E-state index in [1.54, 1.807) is 22.4 Å². The van der Waals surface area contributed by atoms with E-state index in [2.05, 4.69) is 4.98 Å². The van der Waals surface area contributed by atoms with E-state index in [-0.39, 0.29) is 28.9 Å². The fraction of sp³-hybridized carbons (Fsp3) is 0.667. The van der Waals surface area contributed by atoms with Gasteiger partial charge in [-0.2, -0.15) is 0 Å². The molecule has 0 N–H and O–H groups in total. The lowest BCUT2D eigenvalue weighted by atomic mass is 10.0. The first kappa shape index (κ1) is 18.3. The molecule has 1 aliphatic carbocycles. The molecule has 2 atom stereocenters. The Balaban J connectivity index is 1.59.